The fourth-order valence-corrected chi connectivity index (χ4v) is 7.13. The molecule has 0 unspecified atom stereocenters. The van der Waals surface area contributed by atoms with Gasteiger partial charge in [0.25, 0.3) is 0 Å². The summed E-state index contributed by atoms with van der Waals surface area (Å²) < 4.78 is 51.4. The van der Waals surface area contributed by atoms with E-state index in [9.17, 15) is 32.7 Å². The fourth-order valence-electron chi connectivity index (χ4n) is 7.13. The third-order valence-corrected chi connectivity index (χ3v) is 9.96. The molecule has 2 aliphatic rings. The average molecular weight is 715 g/mol. The summed E-state index contributed by atoms with van der Waals surface area (Å²) in [5.41, 5.74) is 3.72. The number of halogens is 3. The molecule has 0 saturated heterocycles. The van der Waals surface area contributed by atoms with Gasteiger partial charge >= 0.3 is 12.1 Å². The molecule has 272 valence electrons. The maximum Gasteiger partial charge on any atom is 0.419 e. The Bertz CT molecular complexity index is 1890. The smallest absolute Gasteiger partial charge is 0.419 e. The summed E-state index contributed by atoms with van der Waals surface area (Å²) in [6.45, 7) is -0.0254. The second kappa shape index (κ2) is 15.9. The molecule has 0 spiro atoms. The van der Waals surface area contributed by atoms with Crippen LogP contribution in [-0.4, -0.2) is 47.0 Å². The van der Waals surface area contributed by atoms with Crippen LogP contribution < -0.4 is 14.8 Å². The van der Waals surface area contributed by atoms with Crippen molar-refractivity contribution >= 4 is 17.8 Å². The van der Waals surface area contributed by atoms with Gasteiger partial charge in [0, 0.05) is 25.8 Å². The number of nitrogens with zero attached hydrogens (tertiary/aromatic N) is 1. The molecule has 4 aromatic rings. The van der Waals surface area contributed by atoms with Crippen LogP contribution in [0.5, 0.6) is 11.5 Å². The highest BCUT2D eigenvalue weighted by molar-refractivity contribution is 5.91. The topological polar surface area (TPSA) is 105 Å². The number of hydrogen-bond donors (Lipinski definition) is 2. The molecule has 1 saturated carbocycles. The quantitative estimate of drug-likeness (QED) is 0.157. The Kier molecular flexibility index (Phi) is 11.2. The second-order valence-corrected chi connectivity index (χ2v) is 13.5. The van der Waals surface area contributed by atoms with E-state index in [1.54, 1.807) is 18.2 Å². The Morgan fingerprint density at radius 1 is 0.885 bits per heavy atom. The zero-order valence-corrected chi connectivity index (χ0v) is 28.8. The van der Waals surface area contributed by atoms with Crippen LogP contribution in [0.15, 0.2) is 91.0 Å². The van der Waals surface area contributed by atoms with E-state index in [2.05, 4.69) is 5.32 Å². The molecule has 0 bridgehead atoms. The number of carbonyl (C=O) groups excluding carboxylic acids is 2. The Labute approximate surface area is 300 Å². The van der Waals surface area contributed by atoms with Crippen molar-refractivity contribution in [3.63, 3.8) is 0 Å². The molecule has 1 heterocycles. The maximum absolute atomic E-state index is 13.9. The molecule has 0 aromatic heterocycles. The van der Waals surface area contributed by atoms with Crippen LogP contribution in [0.2, 0.25) is 0 Å². The number of ether oxygens (including phenoxy) is 2. The number of amides is 2. The minimum atomic E-state index is -4.59. The van der Waals surface area contributed by atoms with Gasteiger partial charge in [-0.3, -0.25) is 9.59 Å². The van der Waals surface area contributed by atoms with Gasteiger partial charge in [0.1, 0.15) is 30.2 Å². The van der Waals surface area contributed by atoms with Crippen molar-refractivity contribution in [2.24, 2.45) is 5.92 Å². The first-order valence-electron chi connectivity index (χ1n) is 17.4. The van der Waals surface area contributed by atoms with Crippen molar-refractivity contribution in [3.8, 4) is 22.6 Å². The van der Waals surface area contributed by atoms with Gasteiger partial charge in [-0.05, 0) is 76.4 Å². The Morgan fingerprint density at radius 3 is 2.25 bits per heavy atom. The van der Waals surface area contributed by atoms with Crippen molar-refractivity contribution in [2.75, 3.05) is 7.11 Å². The molecule has 6 rings (SSSR count). The fraction of sp³-hybridized carbons (Fsp3) is 0.341. The SMILES string of the molecule is COc1ccc(COc2ccc3c(c2)CN(C(=O)CC2CCCC2)[C@H](C(=O)N[C@@H](Cc2ccc(-c4ccccc4)cc2)C(=O)O)C3)cc1C(F)(F)F. The first-order chi connectivity index (χ1) is 25.0. The third-order valence-electron chi connectivity index (χ3n) is 9.96. The van der Waals surface area contributed by atoms with Crippen molar-refractivity contribution in [1.29, 1.82) is 0 Å². The Balaban J connectivity index is 1.18. The predicted molar refractivity (Wildman–Crippen MR) is 189 cm³/mol. The molecule has 11 heteroatoms. The highest BCUT2D eigenvalue weighted by Crippen LogP contribution is 2.37. The third kappa shape index (κ3) is 8.75. The van der Waals surface area contributed by atoms with Crippen molar-refractivity contribution in [3.05, 3.63) is 119 Å². The van der Waals surface area contributed by atoms with E-state index in [-0.39, 0.29) is 43.6 Å². The highest BCUT2D eigenvalue weighted by atomic mass is 19.4. The first kappa shape index (κ1) is 36.5. The summed E-state index contributed by atoms with van der Waals surface area (Å²) in [5, 5.41) is 12.8. The normalized spacial score (nSPS) is 16.5. The molecule has 2 atom stereocenters. The predicted octanol–water partition coefficient (Wildman–Crippen LogP) is 7.61. The molecule has 4 aromatic carbocycles. The van der Waals surface area contributed by atoms with Crippen LogP contribution in [0.4, 0.5) is 13.2 Å². The summed E-state index contributed by atoms with van der Waals surface area (Å²) >= 11 is 0. The zero-order valence-electron chi connectivity index (χ0n) is 28.8. The van der Waals surface area contributed by atoms with Crippen LogP contribution in [0.25, 0.3) is 11.1 Å². The van der Waals surface area contributed by atoms with Crippen LogP contribution in [0.1, 0.15) is 59.9 Å². The number of carbonyl (C=O) groups is 3. The molecule has 2 N–H and O–H groups in total. The molecule has 0 radical (unpaired) electrons. The number of carboxylic acids is 1. The summed E-state index contributed by atoms with van der Waals surface area (Å²) in [6.07, 6.45) is -0.0771. The van der Waals surface area contributed by atoms with Crippen LogP contribution in [-0.2, 0) is 46.6 Å². The molecular formula is C41H41F3N2O6. The molecule has 2 amide bonds. The minimum Gasteiger partial charge on any atom is -0.496 e. The molecule has 1 aliphatic heterocycles. The van der Waals surface area contributed by atoms with Crippen molar-refractivity contribution < 1.29 is 42.1 Å². The van der Waals surface area contributed by atoms with Gasteiger partial charge in [-0.15, -0.1) is 0 Å². The first-order valence-corrected chi connectivity index (χ1v) is 17.4. The van der Waals surface area contributed by atoms with Gasteiger partial charge in [0.05, 0.1) is 12.7 Å². The lowest BCUT2D eigenvalue weighted by molar-refractivity contribution is -0.145. The summed E-state index contributed by atoms with van der Waals surface area (Å²) in [5.74, 6) is -1.55. The van der Waals surface area contributed by atoms with Crippen molar-refractivity contribution in [2.45, 2.75) is 76.4 Å². The lowest BCUT2D eigenvalue weighted by Crippen LogP contribution is -2.56. The van der Waals surface area contributed by atoms with E-state index in [1.807, 2.05) is 54.6 Å². The molecule has 1 aliphatic carbocycles. The average Bonchev–Trinajstić information content (AvgIpc) is 3.66. The largest absolute Gasteiger partial charge is 0.496 e. The summed E-state index contributed by atoms with van der Waals surface area (Å²) in [6, 6.07) is 24.2. The number of benzene rings is 4. The van der Waals surface area contributed by atoms with E-state index >= 15 is 0 Å². The van der Waals surface area contributed by atoms with Gasteiger partial charge in [0.2, 0.25) is 11.8 Å². The van der Waals surface area contributed by atoms with Gasteiger partial charge in [0.15, 0.2) is 0 Å². The van der Waals surface area contributed by atoms with Crippen LogP contribution in [0.3, 0.4) is 0 Å². The van der Waals surface area contributed by atoms with E-state index in [4.69, 9.17) is 9.47 Å². The van der Waals surface area contributed by atoms with E-state index < -0.39 is 35.7 Å². The molecular weight excluding hydrogens is 673 g/mol. The number of hydrogen-bond acceptors (Lipinski definition) is 5. The van der Waals surface area contributed by atoms with E-state index in [1.165, 1.54) is 24.1 Å². The van der Waals surface area contributed by atoms with E-state index in [0.717, 1.165) is 59.6 Å². The van der Waals surface area contributed by atoms with Gasteiger partial charge in [-0.2, -0.15) is 13.2 Å². The number of fused-ring (bicyclic) bond motifs is 1. The van der Waals surface area contributed by atoms with Crippen molar-refractivity contribution in [1.82, 2.24) is 10.2 Å². The zero-order chi connectivity index (χ0) is 36.8. The minimum absolute atomic E-state index is 0.0643. The maximum atomic E-state index is 13.9. The lowest BCUT2D eigenvalue weighted by atomic mass is 9.91. The second-order valence-electron chi connectivity index (χ2n) is 13.5. The highest BCUT2D eigenvalue weighted by Gasteiger charge is 2.38. The monoisotopic (exact) mass is 714 g/mol. The number of methoxy groups -OCH3 is 1. The number of carboxylic acid groups (broad SMARTS) is 1. The molecule has 8 nitrogen and oxygen atoms in total. The molecule has 1 fully saturated rings. The van der Waals surface area contributed by atoms with Gasteiger partial charge in [-0.1, -0.05) is 79.6 Å². The summed E-state index contributed by atoms with van der Waals surface area (Å²) in [7, 11) is 1.18. The lowest BCUT2D eigenvalue weighted by Gasteiger charge is -2.37. The number of rotatable bonds is 12. The summed E-state index contributed by atoms with van der Waals surface area (Å²) in [4.78, 5) is 41.6. The standard InChI is InChI=1S/C41H41F3N2O6/c1-51-37-18-13-28(19-34(37)41(42,43)44)25-52-33-17-16-31-23-36(46(24-32(31)22-33)38(47)21-26-7-5-6-8-26)39(48)45-35(40(49)50)20-27-11-14-30(15-12-27)29-9-3-2-4-10-29/h2-4,9-19,22,26,35-36H,5-8,20-21,23-25H2,1H3,(H,45,48)(H,49,50)/t35-,36-/m0/s1. The van der Waals surface area contributed by atoms with Gasteiger partial charge < -0.3 is 24.8 Å². The van der Waals surface area contributed by atoms with Gasteiger partial charge in [-0.25, -0.2) is 4.79 Å². The number of nitrogens with one attached hydrogen (secondary N) is 1. The Hall–Kier alpha value is -5.32. The number of alkyl halides is 3. The molecule has 52 heavy (non-hydrogen) atoms. The number of aliphatic carboxylic acids is 1. The van der Waals surface area contributed by atoms with Crippen LogP contribution >= 0.6 is 0 Å². The Morgan fingerprint density at radius 2 is 1.58 bits per heavy atom. The van der Waals surface area contributed by atoms with Crippen LogP contribution in [0, 0.1) is 5.92 Å². The van der Waals surface area contributed by atoms with E-state index in [0.29, 0.717) is 17.7 Å².